The molecule has 0 radical (unpaired) electrons. The van der Waals surface area contributed by atoms with E-state index in [1.165, 1.54) is 0 Å². The Morgan fingerprint density at radius 3 is 2.68 bits per heavy atom. The monoisotopic (exact) mass is 344 g/mol. The van der Waals surface area contributed by atoms with E-state index >= 15 is 0 Å². The predicted molar refractivity (Wildman–Crippen MR) is 90.2 cm³/mol. The fraction of sp³-hybridized carbons (Fsp3) is 0.722. The van der Waals surface area contributed by atoms with Gasteiger partial charge >= 0.3 is 0 Å². The molecule has 134 valence electrons. The molecule has 2 saturated heterocycles. The molecule has 1 aromatic heterocycles. The number of hydrogen-bond donors (Lipinski definition) is 0. The largest absolute Gasteiger partial charge is 0.423 e. The number of oxazole rings is 1. The molecule has 1 aliphatic carbocycles. The van der Waals surface area contributed by atoms with Crippen LogP contribution in [0.1, 0.15) is 56.0 Å². The van der Waals surface area contributed by atoms with Gasteiger partial charge in [0.2, 0.25) is 23.4 Å². The topological polar surface area (TPSA) is 82.6 Å². The standard InChI is InChI=1S/C18H24N4O3/c19-12-15-18(25-17(20-15)13-3-4-13)22-9-7-21(8-10-22)16(23)6-5-14-2-1-11-24-14/h13-14H,1-11H2/t14-/m0/s1. The first-order valence-corrected chi connectivity index (χ1v) is 9.29. The summed E-state index contributed by atoms with van der Waals surface area (Å²) in [5, 5.41) is 9.30. The molecule has 0 N–H and O–H groups in total. The fourth-order valence-corrected chi connectivity index (χ4v) is 3.59. The Balaban J connectivity index is 1.30. The van der Waals surface area contributed by atoms with Crippen LogP contribution in [0.4, 0.5) is 5.88 Å². The third-order valence-corrected chi connectivity index (χ3v) is 5.28. The van der Waals surface area contributed by atoms with E-state index in [0.717, 1.165) is 38.7 Å². The second-order valence-corrected chi connectivity index (χ2v) is 7.13. The minimum absolute atomic E-state index is 0.201. The molecule has 0 spiro atoms. The molecule has 0 bridgehead atoms. The number of aromatic nitrogens is 1. The van der Waals surface area contributed by atoms with Gasteiger partial charge in [-0.2, -0.15) is 5.26 Å². The van der Waals surface area contributed by atoms with Gasteiger partial charge < -0.3 is 19.0 Å². The van der Waals surface area contributed by atoms with Crippen LogP contribution in [-0.4, -0.2) is 54.7 Å². The number of hydrogen-bond acceptors (Lipinski definition) is 6. The first-order chi connectivity index (χ1) is 12.2. The zero-order chi connectivity index (χ0) is 17.2. The number of nitrogens with zero attached hydrogens (tertiary/aromatic N) is 4. The lowest BCUT2D eigenvalue weighted by Gasteiger charge is -2.34. The summed E-state index contributed by atoms with van der Waals surface area (Å²) in [5.74, 6) is 1.87. The number of anilines is 1. The van der Waals surface area contributed by atoms with Crippen molar-refractivity contribution in [3.63, 3.8) is 0 Å². The third kappa shape index (κ3) is 3.64. The van der Waals surface area contributed by atoms with Crippen molar-refractivity contribution < 1.29 is 13.9 Å². The molecule has 4 rings (SSSR count). The summed E-state index contributed by atoms with van der Waals surface area (Å²) in [6.45, 7) is 3.52. The maximum Gasteiger partial charge on any atom is 0.234 e. The quantitative estimate of drug-likeness (QED) is 0.813. The fourth-order valence-electron chi connectivity index (χ4n) is 3.59. The van der Waals surface area contributed by atoms with Crippen molar-refractivity contribution in [2.45, 2.75) is 50.5 Å². The average molecular weight is 344 g/mol. The first kappa shape index (κ1) is 16.4. The molecule has 1 saturated carbocycles. The molecule has 3 fully saturated rings. The summed E-state index contributed by atoms with van der Waals surface area (Å²) in [7, 11) is 0. The smallest absolute Gasteiger partial charge is 0.234 e. The Bertz CT molecular complexity index is 662. The van der Waals surface area contributed by atoms with Crippen molar-refractivity contribution in [3.8, 4) is 6.07 Å². The second-order valence-electron chi connectivity index (χ2n) is 7.13. The lowest BCUT2D eigenvalue weighted by Crippen LogP contribution is -2.49. The lowest BCUT2D eigenvalue weighted by atomic mass is 10.1. The highest BCUT2D eigenvalue weighted by Crippen LogP contribution is 2.41. The molecule has 2 aliphatic heterocycles. The molecule has 0 unspecified atom stereocenters. The van der Waals surface area contributed by atoms with Crippen LogP contribution >= 0.6 is 0 Å². The molecule has 0 aromatic carbocycles. The van der Waals surface area contributed by atoms with Crippen molar-refractivity contribution in [2.24, 2.45) is 0 Å². The van der Waals surface area contributed by atoms with Gasteiger partial charge in [0.05, 0.1) is 6.10 Å². The summed E-state index contributed by atoms with van der Waals surface area (Å²) >= 11 is 0. The maximum absolute atomic E-state index is 12.4. The van der Waals surface area contributed by atoms with Gasteiger partial charge in [0, 0.05) is 45.1 Å². The molecular formula is C18H24N4O3. The summed E-state index contributed by atoms with van der Waals surface area (Å²) in [4.78, 5) is 20.7. The maximum atomic E-state index is 12.4. The Morgan fingerprint density at radius 2 is 2.04 bits per heavy atom. The zero-order valence-electron chi connectivity index (χ0n) is 14.4. The van der Waals surface area contributed by atoms with E-state index in [0.29, 0.717) is 56.0 Å². The summed E-state index contributed by atoms with van der Waals surface area (Å²) < 4.78 is 11.4. The van der Waals surface area contributed by atoms with Crippen molar-refractivity contribution in [1.82, 2.24) is 9.88 Å². The van der Waals surface area contributed by atoms with Crippen LogP contribution in [0.25, 0.3) is 0 Å². The third-order valence-electron chi connectivity index (χ3n) is 5.28. The Labute approximate surface area is 147 Å². The number of piperazine rings is 1. The van der Waals surface area contributed by atoms with Crippen LogP contribution in [0.2, 0.25) is 0 Å². The highest BCUT2D eigenvalue weighted by Gasteiger charge is 2.32. The van der Waals surface area contributed by atoms with Crippen molar-refractivity contribution in [1.29, 1.82) is 5.26 Å². The van der Waals surface area contributed by atoms with E-state index in [4.69, 9.17) is 9.15 Å². The number of amides is 1. The summed E-state index contributed by atoms with van der Waals surface area (Å²) in [5.41, 5.74) is 0.375. The molecule has 3 aliphatic rings. The summed E-state index contributed by atoms with van der Waals surface area (Å²) in [6.07, 6.45) is 6.02. The van der Waals surface area contributed by atoms with E-state index in [1.54, 1.807) is 0 Å². The van der Waals surface area contributed by atoms with Gasteiger partial charge in [-0.15, -0.1) is 0 Å². The SMILES string of the molecule is N#Cc1nc(C2CC2)oc1N1CCN(C(=O)CC[C@@H]2CCCO2)CC1. The van der Waals surface area contributed by atoms with Gasteiger partial charge in [0.25, 0.3) is 0 Å². The van der Waals surface area contributed by atoms with Gasteiger partial charge in [0.1, 0.15) is 6.07 Å². The molecule has 3 heterocycles. The molecule has 7 nitrogen and oxygen atoms in total. The molecule has 1 amide bonds. The van der Waals surface area contributed by atoms with Crippen LogP contribution in [0.15, 0.2) is 4.42 Å². The lowest BCUT2D eigenvalue weighted by molar-refractivity contribution is -0.132. The second kappa shape index (κ2) is 7.04. The normalized spacial score (nSPS) is 23.7. The molecule has 7 heteroatoms. The van der Waals surface area contributed by atoms with Crippen LogP contribution in [0, 0.1) is 11.3 Å². The highest BCUT2D eigenvalue weighted by molar-refractivity contribution is 5.76. The Hall–Kier alpha value is -2.07. The van der Waals surface area contributed by atoms with Crippen molar-refractivity contribution in [2.75, 3.05) is 37.7 Å². The average Bonchev–Trinajstić information content (AvgIpc) is 3.20. The minimum Gasteiger partial charge on any atom is -0.423 e. The Morgan fingerprint density at radius 1 is 1.24 bits per heavy atom. The van der Waals surface area contributed by atoms with Gasteiger partial charge in [-0.3, -0.25) is 4.79 Å². The molecule has 25 heavy (non-hydrogen) atoms. The number of ether oxygens (including phenoxy) is 1. The van der Waals surface area contributed by atoms with E-state index in [2.05, 4.69) is 11.1 Å². The van der Waals surface area contributed by atoms with Gasteiger partial charge in [-0.05, 0) is 32.1 Å². The molecule has 1 atom stereocenters. The number of carbonyl (C=O) groups is 1. The van der Waals surface area contributed by atoms with Crippen LogP contribution < -0.4 is 4.90 Å². The van der Waals surface area contributed by atoms with Crippen molar-refractivity contribution >= 4 is 11.8 Å². The van der Waals surface area contributed by atoms with E-state index < -0.39 is 0 Å². The first-order valence-electron chi connectivity index (χ1n) is 9.29. The van der Waals surface area contributed by atoms with Crippen LogP contribution in [-0.2, 0) is 9.53 Å². The van der Waals surface area contributed by atoms with Gasteiger partial charge in [-0.1, -0.05) is 0 Å². The molecule has 1 aromatic rings. The summed E-state index contributed by atoms with van der Waals surface area (Å²) in [6, 6.07) is 2.14. The van der Waals surface area contributed by atoms with E-state index in [9.17, 15) is 10.1 Å². The number of nitriles is 1. The predicted octanol–water partition coefficient (Wildman–Crippen LogP) is 2.03. The number of carbonyl (C=O) groups excluding carboxylic acids is 1. The van der Waals surface area contributed by atoms with E-state index in [-0.39, 0.29) is 12.0 Å². The number of rotatable bonds is 5. The minimum atomic E-state index is 0.201. The van der Waals surface area contributed by atoms with E-state index in [1.807, 2.05) is 9.80 Å². The van der Waals surface area contributed by atoms with Crippen molar-refractivity contribution in [3.05, 3.63) is 11.6 Å². The van der Waals surface area contributed by atoms with Gasteiger partial charge in [-0.25, -0.2) is 4.98 Å². The van der Waals surface area contributed by atoms with Crippen LogP contribution in [0.3, 0.4) is 0 Å². The zero-order valence-corrected chi connectivity index (χ0v) is 14.4. The highest BCUT2D eigenvalue weighted by atomic mass is 16.5. The molecular weight excluding hydrogens is 320 g/mol. The van der Waals surface area contributed by atoms with Crippen LogP contribution in [0.5, 0.6) is 0 Å². The Kier molecular flexibility index (Phi) is 4.62. The van der Waals surface area contributed by atoms with Gasteiger partial charge in [0.15, 0.2) is 0 Å².